The molecule has 57 heavy (non-hydrogen) atoms. The van der Waals surface area contributed by atoms with Crippen LogP contribution in [0.2, 0.25) is 0 Å². The van der Waals surface area contributed by atoms with Crippen LogP contribution in [0.4, 0.5) is 0 Å². The molecular formula is C43H67N5O9. The molecule has 0 saturated heterocycles. The number of unbranched alkanes of at least 4 members (excludes halogenated alkanes) is 11. The Kier molecular flexibility index (Phi) is 19.5. The van der Waals surface area contributed by atoms with Gasteiger partial charge in [-0.1, -0.05) is 109 Å². The van der Waals surface area contributed by atoms with Gasteiger partial charge in [0.25, 0.3) is 0 Å². The van der Waals surface area contributed by atoms with Gasteiger partial charge < -0.3 is 41.5 Å². The highest BCUT2D eigenvalue weighted by molar-refractivity contribution is 5.95. The highest BCUT2D eigenvalue weighted by Gasteiger charge is 2.39. The first-order valence-corrected chi connectivity index (χ1v) is 21.0. The third-order valence-corrected chi connectivity index (χ3v) is 11.3. The van der Waals surface area contributed by atoms with Crippen LogP contribution in [-0.2, 0) is 28.8 Å². The maximum absolute atomic E-state index is 13.9. The number of hydrogen-bond donors (Lipinski definition) is 7. The van der Waals surface area contributed by atoms with Gasteiger partial charge in [0.2, 0.25) is 29.5 Å². The molecule has 1 unspecified atom stereocenters. The third-order valence-electron chi connectivity index (χ3n) is 11.3. The molecule has 0 saturated carbocycles. The number of fused-ring (bicyclic) bond motifs is 4. The Labute approximate surface area is 338 Å². The molecule has 4 bridgehead atoms. The molecule has 7 N–H and O–H groups in total. The second-order valence-corrected chi connectivity index (χ2v) is 16.0. The van der Waals surface area contributed by atoms with Crippen molar-refractivity contribution in [2.75, 3.05) is 13.6 Å². The summed E-state index contributed by atoms with van der Waals surface area (Å²) in [5, 5.41) is 42.0. The van der Waals surface area contributed by atoms with E-state index >= 15 is 0 Å². The highest BCUT2D eigenvalue weighted by Crippen LogP contribution is 2.36. The minimum Gasteiger partial charge on any atom is -0.508 e. The standard InChI is InChI=1S/C43H67N5O9/c1-6-7-8-9-10-11-12-13-14-15-16-17-18-27(2)39(52)45-28(3)40(53)44-26-37(51)48(5)38-31-20-22-36(50)33(25-31)32-23-30(19-21-35(32)49)24-34(43(56)57)47-41(54)29(4)46-42(38)55/h19-20,22-23,27-29,31,34-35,38,49-50H,6-18,21,24-26H2,1-5H3,(H,44,53)(H,45,52)(H,46,55)(H,47,54)(H,56,57)/t27?,28-,29+,31+,34+,35+,38+/m1/s1. The number of hydrogen-bond acceptors (Lipinski definition) is 8. The lowest BCUT2D eigenvalue weighted by Gasteiger charge is -2.36. The van der Waals surface area contributed by atoms with Gasteiger partial charge in [0.05, 0.1) is 12.6 Å². The van der Waals surface area contributed by atoms with Crippen molar-refractivity contribution in [1.29, 1.82) is 0 Å². The fourth-order valence-electron chi connectivity index (χ4n) is 7.58. The molecule has 3 aliphatic rings. The van der Waals surface area contributed by atoms with E-state index in [1.807, 2.05) is 6.92 Å². The molecule has 1 heterocycles. The summed E-state index contributed by atoms with van der Waals surface area (Å²) in [6, 6.07) is -4.67. The zero-order valence-electron chi connectivity index (χ0n) is 34.6. The molecular weight excluding hydrogens is 730 g/mol. The van der Waals surface area contributed by atoms with Crippen molar-refractivity contribution < 1.29 is 44.1 Å². The maximum Gasteiger partial charge on any atom is 0.326 e. The summed E-state index contributed by atoms with van der Waals surface area (Å²) in [7, 11) is 1.39. The van der Waals surface area contributed by atoms with Crippen LogP contribution < -0.4 is 21.3 Å². The molecule has 0 aromatic heterocycles. The fraction of sp³-hybridized carbons (Fsp3) is 0.674. The Morgan fingerprint density at radius 1 is 0.895 bits per heavy atom. The van der Waals surface area contributed by atoms with E-state index in [9.17, 15) is 44.1 Å². The normalized spacial score (nSPS) is 23.5. The first kappa shape index (κ1) is 46.9. The van der Waals surface area contributed by atoms with Crippen molar-refractivity contribution in [3.63, 3.8) is 0 Å². The number of aliphatic carboxylic acids is 1. The second kappa shape index (κ2) is 23.7. The van der Waals surface area contributed by atoms with E-state index in [0.717, 1.165) is 24.2 Å². The summed E-state index contributed by atoms with van der Waals surface area (Å²) < 4.78 is 0. The van der Waals surface area contributed by atoms with E-state index in [1.54, 1.807) is 18.2 Å². The summed E-state index contributed by atoms with van der Waals surface area (Å²) in [4.78, 5) is 79.6. The molecule has 0 fully saturated rings. The number of allylic oxidation sites excluding steroid dienone is 2. The Hall–Kier alpha value is -4.46. The molecule has 0 radical (unpaired) electrons. The lowest BCUT2D eigenvalue weighted by atomic mass is 9.79. The van der Waals surface area contributed by atoms with E-state index in [4.69, 9.17) is 0 Å². The van der Waals surface area contributed by atoms with Crippen molar-refractivity contribution in [3.8, 4) is 0 Å². The highest BCUT2D eigenvalue weighted by atomic mass is 16.4. The number of aliphatic hydroxyl groups is 2. The third kappa shape index (κ3) is 14.8. The summed E-state index contributed by atoms with van der Waals surface area (Å²) in [5.74, 6) is -5.36. The predicted molar refractivity (Wildman–Crippen MR) is 218 cm³/mol. The lowest BCUT2D eigenvalue weighted by molar-refractivity contribution is -0.143. The molecule has 14 heteroatoms. The van der Waals surface area contributed by atoms with Crippen LogP contribution in [-0.4, -0.2) is 99.6 Å². The largest absolute Gasteiger partial charge is 0.508 e. The van der Waals surface area contributed by atoms with Gasteiger partial charge >= 0.3 is 5.97 Å². The molecule has 0 spiro atoms. The van der Waals surface area contributed by atoms with E-state index in [1.165, 1.54) is 84.8 Å². The number of carbonyl (C=O) groups excluding carboxylic acids is 5. The van der Waals surface area contributed by atoms with Gasteiger partial charge in [0.15, 0.2) is 0 Å². The Morgan fingerprint density at radius 3 is 2.12 bits per heavy atom. The average molecular weight is 798 g/mol. The van der Waals surface area contributed by atoms with Gasteiger partial charge in [-0.25, -0.2) is 4.79 Å². The van der Waals surface area contributed by atoms with Crippen LogP contribution in [0.25, 0.3) is 0 Å². The zero-order valence-corrected chi connectivity index (χ0v) is 34.6. The van der Waals surface area contributed by atoms with Crippen LogP contribution >= 0.6 is 0 Å². The molecule has 0 aromatic carbocycles. The Bertz CT molecular complexity index is 1550. The van der Waals surface area contributed by atoms with Gasteiger partial charge in [-0.3, -0.25) is 24.0 Å². The van der Waals surface area contributed by atoms with E-state index in [-0.39, 0.29) is 36.8 Å². The molecule has 3 rings (SSSR count). The SMILES string of the molecule is CCCCCCCCCCCCCCC(C)C(=O)N[C@H](C)C(=O)NCC(=O)N(C)[C@@H]1C(=O)N[C@@H](C)C(=O)N[C@H](C(=O)O)CC2=CC[C@H](O)C(=C2)C2=C(O)C=C[C@H]1C2. The Balaban J connectivity index is 1.57. The first-order valence-electron chi connectivity index (χ1n) is 21.0. The van der Waals surface area contributed by atoms with Gasteiger partial charge in [-0.15, -0.1) is 0 Å². The van der Waals surface area contributed by atoms with Crippen LogP contribution in [0, 0.1) is 11.8 Å². The number of rotatable bonds is 20. The monoisotopic (exact) mass is 797 g/mol. The summed E-state index contributed by atoms with van der Waals surface area (Å²) in [6.07, 6.45) is 20.8. The van der Waals surface area contributed by atoms with E-state index in [0.29, 0.717) is 23.1 Å². The Morgan fingerprint density at radius 2 is 1.51 bits per heavy atom. The number of nitrogens with zero attached hydrogens (tertiary/aromatic N) is 1. The van der Waals surface area contributed by atoms with Crippen molar-refractivity contribution in [2.24, 2.45) is 11.8 Å². The zero-order chi connectivity index (χ0) is 42.1. The average Bonchev–Trinajstić information content (AvgIpc) is 3.17. The molecule has 14 nitrogen and oxygen atoms in total. The lowest BCUT2D eigenvalue weighted by Crippen LogP contribution is -2.58. The van der Waals surface area contributed by atoms with Gasteiger partial charge in [0.1, 0.15) is 29.9 Å². The molecule has 318 valence electrons. The number of amides is 5. The van der Waals surface area contributed by atoms with Crippen molar-refractivity contribution in [2.45, 2.75) is 161 Å². The van der Waals surface area contributed by atoms with Crippen LogP contribution in [0.15, 0.2) is 46.8 Å². The van der Waals surface area contributed by atoms with Crippen molar-refractivity contribution in [3.05, 3.63) is 46.8 Å². The van der Waals surface area contributed by atoms with Crippen LogP contribution in [0.1, 0.15) is 130 Å². The maximum atomic E-state index is 13.9. The first-order chi connectivity index (χ1) is 27.1. The van der Waals surface area contributed by atoms with E-state index in [2.05, 4.69) is 28.2 Å². The second-order valence-electron chi connectivity index (χ2n) is 16.0. The molecule has 0 aromatic rings. The van der Waals surface area contributed by atoms with Crippen LogP contribution in [0.3, 0.4) is 0 Å². The summed E-state index contributed by atoms with van der Waals surface area (Å²) in [5.41, 5.74) is 1.23. The van der Waals surface area contributed by atoms with E-state index < -0.39 is 72.3 Å². The van der Waals surface area contributed by atoms with Crippen molar-refractivity contribution >= 4 is 35.5 Å². The molecule has 2 aliphatic carbocycles. The minimum atomic E-state index is -1.33. The number of carboxylic acid groups (broad SMARTS) is 1. The van der Waals surface area contributed by atoms with Gasteiger partial charge in [-0.05, 0) is 50.3 Å². The summed E-state index contributed by atoms with van der Waals surface area (Å²) >= 11 is 0. The molecule has 7 atom stereocenters. The number of aliphatic hydroxyl groups excluding tert-OH is 2. The number of carbonyl (C=O) groups is 6. The molecule has 5 amide bonds. The predicted octanol–water partition coefficient (Wildman–Crippen LogP) is 4.65. The van der Waals surface area contributed by atoms with Gasteiger partial charge in [0, 0.05) is 30.9 Å². The minimum absolute atomic E-state index is 0.0318. The topological polar surface area (TPSA) is 214 Å². The quantitative estimate of drug-likeness (QED) is 0.0854. The molecule has 1 aliphatic heterocycles. The smallest absolute Gasteiger partial charge is 0.326 e. The number of nitrogens with one attached hydrogen (secondary N) is 4. The summed E-state index contributed by atoms with van der Waals surface area (Å²) in [6.45, 7) is 6.51. The van der Waals surface area contributed by atoms with Crippen molar-refractivity contribution in [1.82, 2.24) is 26.2 Å². The van der Waals surface area contributed by atoms with Crippen LogP contribution in [0.5, 0.6) is 0 Å². The van der Waals surface area contributed by atoms with Gasteiger partial charge in [-0.2, -0.15) is 0 Å². The number of carboxylic acids is 1. The fourth-order valence-corrected chi connectivity index (χ4v) is 7.58. The number of likely N-dealkylation sites (N-methyl/N-ethyl adjacent to an activating group) is 1.